The Bertz CT molecular complexity index is 1120. The topological polar surface area (TPSA) is 122 Å². The summed E-state index contributed by atoms with van der Waals surface area (Å²) in [7, 11) is -3.89. The van der Waals surface area contributed by atoms with Crippen LogP contribution in [0.3, 0.4) is 0 Å². The average Bonchev–Trinajstić information content (AvgIpc) is 2.81. The van der Waals surface area contributed by atoms with Gasteiger partial charge in [-0.3, -0.25) is 24.1 Å². The summed E-state index contributed by atoms with van der Waals surface area (Å²) in [5.41, 5.74) is 1.84. The van der Waals surface area contributed by atoms with Crippen LogP contribution in [0.4, 0.5) is 11.4 Å². The van der Waals surface area contributed by atoms with E-state index in [9.17, 15) is 23.3 Å². The predicted octanol–water partition coefficient (Wildman–Crippen LogP) is 2.29. The summed E-state index contributed by atoms with van der Waals surface area (Å²) >= 11 is 0. The van der Waals surface area contributed by atoms with Crippen LogP contribution in [0.1, 0.15) is 24.5 Å². The van der Waals surface area contributed by atoms with Crippen molar-refractivity contribution in [2.75, 3.05) is 36.9 Å². The fourth-order valence-electron chi connectivity index (χ4n) is 3.97. The number of nitro benzene ring substituents is 1. The number of hydrogen-bond donors (Lipinski definition) is 1. The first-order valence-electron chi connectivity index (χ1n) is 11.1. The number of morpholine rings is 1. The van der Waals surface area contributed by atoms with Gasteiger partial charge in [0, 0.05) is 38.3 Å². The van der Waals surface area contributed by atoms with Crippen molar-refractivity contribution in [1.29, 1.82) is 0 Å². The lowest BCUT2D eigenvalue weighted by atomic mass is 10.1. The number of nitro groups is 1. The third-order valence-electron chi connectivity index (χ3n) is 5.59. The molecule has 11 heteroatoms. The molecule has 0 bridgehead atoms. The Balaban J connectivity index is 1.73. The summed E-state index contributed by atoms with van der Waals surface area (Å²) in [4.78, 5) is 25.9. The minimum absolute atomic E-state index is 0.0752. The van der Waals surface area contributed by atoms with E-state index >= 15 is 0 Å². The molecule has 0 saturated carbocycles. The number of nitrogens with one attached hydrogen (secondary N) is 1. The summed E-state index contributed by atoms with van der Waals surface area (Å²) in [6.45, 7) is 5.90. The summed E-state index contributed by atoms with van der Waals surface area (Å²) in [5, 5.41) is 14.0. The highest BCUT2D eigenvalue weighted by Crippen LogP contribution is 2.26. The predicted molar refractivity (Wildman–Crippen MR) is 129 cm³/mol. The fraction of sp³-hybridized carbons (Fsp3) is 0.435. The molecule has 0 aromatic heterocycles. The quantitative estimate of drug-likeness (QED) is 0.400. The van der Waals surface area contributed by atoms with Crippen LogP contribution in [-0.2, 0) is 32.6 Å². The Morgan fingerprint density at radius 1 is 1.18 bits per heavy atom. The van der Waals surface area contributed by atoms with Gasteiger partial charge in [-0.05, 0) is 23.6 Å². The van der Waals surface area contributed by atoms with E-state index in [1.807, 2.05) is 24.3 Å². The Morgan fingerprint density at radius 3 is 2.50 bits per heavy atom. The molecule has 1 N–H and O–H groups in total. The first-order chi connectivity index (χ1) is 16.2. The molecule has 0 spiro atoms. The Hall–Kier alpha value is -3.02. The molecule has 184 valence electrons. The molecule has 0 aliphatic carbocycles. The molecule has 1 fully saturated rings. The van der Waals surface area contributed by atoms with Gasteiger partial charge in [-0.1, -0.05) is 37.3 Å². The van der Waals surface area contributed by atoms with Gasteiger partial charge in [0.15, 0.2) is 0 Å². The van der Waals surface area contributed by atoms with Gasteiger partial charge in [0.2, 0.25) is 15.9 Å². The molecule has 1 saturated heterocycles. The minimum atomic E-state index is -3.89. The van der Waals surface area contributed by atoms with Crippen molar-refractivity contribution < 1.29 is 22.9 Å². The molecule has 2 aromatic rings. The summed E-state index contributed by atoms with van der Waals surface area (Å²) < 4.78 is 31.5. The lowest BCUT2D eigenvalue weighted by Gasteiger charge is -2.30. The van der Waals surface area contributed by atoms with Crippen molar-refractivity contribution in [1.82, 2.24) is 10.2 Å². The second kappa shape index (κ2) is 11.4. The fourth-order valence-corrected chi connectivity index (χ4v) is 5.17. The van der Waals surface area contributed by atoms with E-state index in [1.54, 1.807) is 6.92 Å². The van der Waals surface area contributed by atoms with E-state index in [-0.39, 0.29) is 24.3 Å². The zero-order valence-electron chi connectivity index (χ0n) is 19.3. The summed E-state index contributed by atoms with van der Waals surface area (Å²) in [5.74, 6) is -0.474. The number of nitrogens with zero attached hydrogens (tertiary/aromatic N) is 3. The Kier molecular flexibility index (Phi) is 8.59. The molecule has 1 unspecified atom stereocenters. The van der Waals surface area contributed by atoms with Crippen LogP contribution in [-0.4, -0.2) is 62.7 Å². The number of sulfonamides is 1. The van der Waals surface area contributed by atoms with Crippen LogP contribution in [0.5, 0.6) is 0 Å². The van der Waals surface area contributed by atoms with Crippen molar-refractivity contribution in [2.45, 2.75) is 32.5 Å². The highest BCUT2D eigenvalue weighted by Gasteiger charge is 2.32. The molecule has 1 aliphatic heterocycles. The molecule has 34 heavy (non-hydrogen) atoms. The first kappa shape index (κ1) is 25.6. The van der Waals surface area contributed by atoms with Gasteiger partial charge in [0.25, 0.3) is 5.69 Å². The van der Waals surface area contributed by atoms with Gasteiger partial charge in [0.1, 0.15) is 6.04 Å². The van der Waals surface area contributed by atoms with E-state index in [1.165, 1.54) is 18.2 Å². The molecule has 10 nitrogen and oxygen atoms in total. The second-order valence-electron chi connectivity index (χ2n) is 8.19. The van der Waals surface area contributed by atoms with E-state index in [2.05, 4.69) is 10.2 Å². The van der Waals surface area contributed by atoms with Crippen molar-refractivity contribution in [3.8, 4) is 0 Å². The zero-order valence-corrected chi connectivity index (χ0v) is 20.2. The van der Waals surface area contributed by atoms with Crippen LogP contribution in [0.2, 0.25) is 0 Å². The highest BCUT2D eigenvalue weighted by atomic mass is 32.2. The SMILES string of the molecule is CCC(C(=O)NCc1cccc(CN2CCOCC2)c1)N(c1cccc([N+](=O)[O-])c1)S(C)(=O)=O. The smallest absolute Gasteiger partial charge is 0.271 e. The third-order valence-corrected chi connectivity index (χ3v) is 6.77. The molecule has 1 aliphatic rings. The maximum Gasteiger partial charge on any atom is 0.271 e. The van der Waals surface area contributed by atoms with Crippen LogP contribution < -0.4 is 9.62 Å². The largest absolute Gasteiger partial charge is 0.379 e. The number of anilines is 1. The molecule has 1 amide bonds. The van der Waals surface area contributed by atoms with Crippen molar-refractivity contribution >= 4 is 27.3 Å². The maximum atomic E-state index is 13.1. The number of carbonyl (C=O) groups excluding carboxylic acids is 1. The van der Waals surface area contributed by atoms with E-state index in [0.717, 1.165) is 60.6 Å². The van der Waals surface area contributed by atoms with Gasteiger partial charge < -0.3 is 10.1 Å². The van der Waals surface area contributed by atoms with Crippen LogP contribution in [0.25, 0.3) is 0 Å². The normalized spacial score (nSPS) is 15.5. The van der Waals surface area contributed by atoms with Crippen LogP contribution >= 0.6 is 0 Å². The number of non-ortho nitro benzene ring substituents is 1. The van der Waals surface area contributed by atoms with Crippen molar-refractivity contribution in [3.05, 3.63) is 69.8 Å². The Morgan fingerprint density at radius 2 is 1.85 bits per heavy atom. The summed E-state index contributed by atoms with van der Waals surface area (Å²) in [6.07, 6.45) is 1.18. The maximum absolute atomic E-state index is 13.1. The number of amides is 1. The molecular weight excluding hydrogens is 460 g/mol. The van der Waals surface area contributed by atoms with E-state index in [4.69, 9.17) is 4.74 Å². The summed E-state index contributed by atoms with van der Waals surface area (Å²) in [6, 6.07) is 12.1. The van der Waals surface area contributed by atoms with Gasteiger partial charge >= 0.3 is 0 Å². The minimum Gasteiger partial charge on any atom is -0.379 e. The standard InChI is InChI=1S/C23H30N4O6S/c1-3-22(26(34(2,31)32)20-8-5-9-21(15-20)27(29)30)23(28)24-16-18-6-4-7-19(14-18)17-25-10-12-33-13-11-25/h4-9,14-15,22H,3,10-13,16-17H2,1-2H3,(H,24,28). The second-order valence-corrected chi connectivity index (χ2v) is 10.0. The van der Waals surface area contributed by atoms with Crippen molar-refractivity contribution in [2.24, 2.45) is 0 Å². The van der Waals surface area contributed by atoms with E-state index < -0.39 is 26.9 Å². The van der Waals surface area contributed by atoms with Gasteiger partial charge in [-0.25, -0.2) is 8.42 Å². The molecule has 1 atom stereocenters. The van der Waals surface area contributed by atoms with Crippen LogP contribution in [0, 0.1) is 10.1 Å². The van der Waals surface area contributed by atoms with Crippen molar-refractivity contribution in [3.63, 3.8) is 0 Å². The number of ether oxygens (including phenoxy) is 1. The lowest BCUT2D eigenvalue weighted by Crippen LogP contribution is -2.49. The van der Waals surface area contributed by atoms with Gasteiger partial charge in [-0.2, -0.15) is 0 Å². The third kappa shape index (κ3) is 6.75. The number of carbonyl (C=O) groups is 1. The lowest BCUT2D eigenvalue weighted by molar-refractivity contribution is -0.384. The van der Waals surface area contributed by atoms with Crippen LogP contribution in [0.15, 0.2) is 48.5 Å². The van der Waals surface area contributed by atoms with Gasteiger partial charge in [0.05, 0.1) is 30.1 Å². The average molecular weight is 491 g/mol. The molecule has 3 rings (SSSR count). The number of benzene rings is 2. The number of hydrogen-bond acceptors (Lipinski definition) is 7. The molecule has 1 heterocycles. The first-order valence-corrected chi connectivity index (χ1v) is 12.9. The Labute approximate surface area is 199 Å². The molecule has 0 radical (unpaired) electrons. The molecular formula is C23H30N4O6S. The van der Waals surface area contributed by atoms with Gasteiger partial charge in [-0.15, -0.1) is 0 Å². The molecule has 2 aromatic carbocycles. The van der Waals surface area contributed by atoms with E-state index in [0.29, 0.717) is 0 Å². The monoisotopic (exact) mass is 490 g/mol. The number of rotatable bonds is 10. The zero-order chi connectivity index (χ0) is 24.7. The highest BCUT2D eigenvalue weighted by molar-refractivity contribution is 7.92.